The Morgan fingerprint density at radius 3 is 2.28 bits per heavy atom. The second kappa shape index (κ2) is 7.02. The zero-order valence-electron chi connectivity index (χ0n) is 17.0. The van der Waals surface area contributed by atoms with Crippen molar-refractivity contribution in [3.05, 3.63) is 63.9 Å². The number of allylic oxidation sites excluding steroid dienone is 2. The van der Waals surface area contributed by atoms with Crippen molar-refractivity contribution in [3.8, 4) is 11.1 Å². The van der Waals surface area contributed by atoms with Crippen molar-refractivity contribution in [1.29, 1.82) is 0 Å². The number of Topliss-reactive ketones (excluding diaryl/α,β-unsaturated/α-hetero) is 1. The molecule has 0 spiro atoms. The third kappa shape index (κ3) is 2.87. The van der Waals surface area contributed by atoms with Crippen molar-refractivity contribution in [1.82, 2.24) is 0 Å². The van der Waals surface area contributed by atoms with Gasteiger partial charge in [0.15, 0.2) is 5.78 Å². The van der Waals surface area contributed by atoms with Crippen LogP contribution in [0.3, 0.4) is 0 Å². The summed E-state index contributed by atoms with van der Waals surface area (Å²) in [5.74, 6) is 1.52. The standard InChI is InChI=1S/C26H27ClO2/c1-3-15-4-9-18(20-11-10-19(27)12-14(20)2)13-21(15)24-25(28)22-16-5-6-17(8-7-16)23(22)26(24)29/h4,9-13,16-17,22-23,28H,3,5-8H2,1-2H3. The van der Waals surface area contributed by atoms with Crippen LogP contribution in [-0.4, -0.2) is 10.9 Å². The molecule has 1 N–H and O–H groups in total. The van der Waals surface area contributed by atoms with E-state index in [1.807, 2.05) is 18.2 Å². The van der Waals surface area contributed by atoms with E-state index in [-0.39, 0.29) is 17.6 Å². The topological polar surface area (TPSA) is 37.3 Å². The molecule has 2 bridgehead atoms. The van der Waals surface area contributed by atoms with Crippen LogP contribution in [0.25, 0.3) is 16.7 Å². The Labute approximate surface area is 177 Å². The van der Waals surface area contributed by atoms with E-state index in [1.165, 1.54) is 0 Å². The third-order valence-corrected chi connectivity index (χ3v) is 7.83. The molecule has 4 aliphatic carbocycles. The summed E-state index contributed by atoms with van der Waals surface area (Å²) in [5.41, 5.74) is 5.94. The minimum atomic E-state index is 0.00290. The first-order chi connectivity index (χ1) is 14.0. The molecule has 0 aliphatic heterocycles. The fraction of sp³-hybridized carbons (Fsp3) is 0.423. The molecule has 2 atom stereocenters. The van der Waals surface area contributed by atoms with E-state index in [0.29, 0.717) is 23.2 Å². The number of aryl methyl sites for hydroxylation is 2. The molecule has 2 nitrogen and oxygen atoms in total. The molecule has 3 fully saturated rings. The Kier molecular flexibility index (Phi) is 4.58. The monoisotopic (exact) mass is 406 g/mol. The van der Waals surface area contributed by atoms with Gasteiger partial charge in [0.2, 0.25) is 0 Å². The van der Waals surface area contributed by atoms with Crippen LogP contribution in [0.15, 0.2) is 42.2 Å². The minimum Gasteiger partial charge on any atom is -0.511 e. The molecular weight excluding hydrogens is 380 g/mol. The van der Waals surface area contributed by atoms with Gasteiger partial charge < -0.3 is 5.11 Å². The maximum atomic E-state index is 13.5. The molecule has 0 aromatic heterocycles. The van der Waals surface area contributed by atoms with Crippen LogP contribution >= 0.6 is 11.6 Å². The number of aliphatic hydroxyl groups excluding tert-OH is 1. The van der Waals surface area contributed by atoms with E-state index in [1.54, 1.807) is 0 Å². The number of benzene rings is 2. The fourth-order valence-electron chi connectivity index (χ4n) is 6.19. The predicted molar refractivity (Wildman–Crippen MR) is 118 cm³/mol. The lowest BCUT2D eigenvalue weighted by atomic mass is 9.59. The molecule has 150 valence electrons. The summed E-state index contributed by atoms with van der Waals surface area (Å²) in [6, 6.07) is 12.2. The Morgan fingerprint density at radius 1 is 0.966 bits per heavy atom. The van der Waals surface area contributed by atoms with Crippen molar-refractivity contribution in [3.63, 3.8) is 0 Å². The van der Waals surface area contributed by atoms with Crippen LogP contribution < -0.4 is 0 Å². The highest BCUT2D eigenvalue weighted by atomic mass is 35.5. The number of hydrogen-bond acceptors (Lipinski definition) is 2. The van der Waals surface area contributed by atoms with Crippen molar-refractivity contribution < 1.29 is 9.90 Å². The van der Waals surface area contributed by atoms with Gasteiger partial charge >= 0.3 is 0 Å². The number of hydrogen-bond donors (Lipinski definition) is 1. The molecule has 4 aliphatic rings. The molecule has 3 heteroatoms. The molecular formula is C26H27ClO2. The maximum Gasteiger partial charge on any atom is 0.170 e. The van der Waals surface area contributed by atoms with Gasteiger partial charge in [-0.1, -0.05) is 36.7 Å². The van der Waals surface area contributed by atoms with Crippen LogP contribution in [-0.2, 0) is 11.2 Å². The van der Waals surface area contributed by atoms with Crippen LogP contribution in [0.1, 0.15) is 49.3 Å². The summed E-state index contributed by atoms with van der Waals surface area (Å²) in [4.78, 5) is 13.5. The Morgan fingerprint density at radius 2 is 1.66 bits per heavy atom. The van der Waals surface area contributed by atoms with Crippen molar-refractivity contribution in [2.24, 2.45) is 23.7 Å². The highest BCUT2D eigenvalue weighted by Crippen LogP contribution is 2.57. The van der Waals surface area contributed by atoms with Crippen LogP contribution in [0.5, 0.6) is 0 Å². The van der Waals surface area contributed by atoms with Crippen LogP contribution in [0.2, 0.25) is 5.02 Å². The van der Waals surface area contributed by atoms with Gasteiger partial charge in [0.25, 0.3) is 0 Å². The van der Waals surface area contributed by atoms with Gasteiger partial charge in [-0.3, -0.25) is 4.79 Å². The van der Waals surface area contributed by atoms with E-state index >= 15 is 0 Å². The van der Waals surface area contributed by atoms with Gasteiger partial charge in [-0.25, -0.2) is 0 Å². The number of carbonyl (C=O) groups is 1. The quantitative estimate of drug-likeness (QED) is 0.609. The first-order valence-electron chi connectivity index (χ1n) is 10.9. The lowest BCUT2D eigenvalue weighted by Gasteiger charge is -2.44. The minimum absolute atomic E-state index is 0.00290. The fourth-order valence-corrected chi connectivity index (χ4v) is 6.41. The second-order valence-electron chi connectivity index (χ2n) is 9.04. The SMILES string of the molecule is CCc1ccc(-c2ccc(Cl)cc2C)cc1C1=C(O)C2C3CCC(CC3)C2C1=O. The normalized spacial score (nSPS) is 28.2. The summed E-state index contributed by atoms with van der Waals surface area (Å²) in [6.45, 7) is 4.16. The van der Waals surface area contributed by atoms with Gasteiger partial charge in [-0.15, -0.1) is 0 Å². The molecule has 2 aromatic rings. The number of ketones is 1. The van der Waals surface area contributed by atoms with Crippen LogP contribution in [0, 0.1) is 30.6 Å². The maximum absolute atomic E-state index is 13.5. The molecule has 0 radical (unpaired) electrons. The first-order valence-corrected chi connectivity index (χ1v) is 11.2. The number of carbonyl (C=O) groups excluding carboxylic acids is 1. The van der Waals surface area contributed by atoms with Gasteiger partial charge in [0.05, 0.1) is 5.57 Å². The number of aliphatic hydroxyl groups is 1. The van der Waals surface area contributed by atoms with Gasteiger partial charge in [-0.2, -0.15) is 0 Å². The summed E-state index contributed by atoms with van der Waals surface area (Å²) in [5, 5.41) is 12.0. The molecule has 2 unspecified atom stereocenters. The smallest absolute Gasteiger partial charge is 0.170 e. The number of rotatable bonds is 3. The summed E-state index contributed by atoms with van der Waals surface area (Å²) >= 11 is 6.14. The number of fused-ring (bicyclic) bond motifs is 2. The molecule has 3 saturated carbocycles. The third-order valence-electron chi connectivity index (χ3n) is 7.60. The Hall–Kier alpha value is -2.06. The van der Waals surface area contributed by atoms with Gasteiger partial charge in [-0.05, 0) is 96.9 Å². The molecule has 0 saturated heterocycles. The van der Waals surface area contributed by atoms with Crippen molar-refractivity contribution >= 4 is 23.0 Å². The Balaban J connectivity index is 1.64. The van der Waals surface area contributed by atoms with Gasteiger partial charge in [0, 0.05) is 16.9 Å². The van der Waals surface area contributed by atoms with Crippen molar-refractivity contribution in [2.75, 3.05) is 0 Å². The molecule has 6 rings (SSSR count). The summed E-state index contributed by atoms with van der Waals surface area (Å²) in [6.07, 6.45) is 5.43. The Bertz CT molecular complexity index is 1030. The summed E-state index contributed by atoms with van der Waals surface area (Å²) < 4.78 is 0. The number of halogens is 1. The van der Waals surface area contributed by atoms with Crippen molar-refractivity contribution in [2.45, 2.75) is 46.0 Å². The molecule has 2 aromatic carbocycles. The van der Waals surface area contributed by atoms with Crippen LogP contribution in [0.4, 0.5) is 0 Å². The lowest BCUT2D eigenvalue weighted by Crippen LogP contribution is -2.41. The van der Waals surface area contributed by atoms with E-state index < -0.39 is 0 Å². The zero-order chi connectivity index (χ0) is 20.3. The second-order valence-corrected chi connectivity index (χ2v) is 9.47. The average Bonchev–Trinajstić information content (AvgIpc) is 3.01. The molecule has 0 amide bonds. The molecule has 29 heavy (non-hydrogen) atoms. The predicted octanol–water partition coefficient (Wildman–Crippen LogP) is 6.78. The van der Waals surface area contributed by atoms with E-state index in [4.69, 9.17) is 11.6 Å². The average molecular weight is 407 g/mol. The molecule has 0 heterocycles. The van der Waals surface area contributed by atoms with E-state index in [2.05, 4.69) is 32.0 Å². The summed E-state index contributed by atoms with van der Waals surface area (Å²) in [7, 11) is 0. The zero-order valence-corrected chi connectivity index (χ0v) is 17.8. The lowest BCUT2D eigenvalue weighted by molar-refractivity contribution is -0.123. The van der Waals surface area contributed by atoms with Gasteiger partial charge in [0.1, 0.15) is 5.76 Å². The largest absolute Gasteiger partial charge is 0.511 e. The first kappa shape index (κ1) is 18.9. The van der Waals surface area contributed by atoms with E-state index in [9.17, 15) is 9.90 Å². The highest BCUT2D eigenvalue weighted by Gasteiger charge is 2.54. The highest BCUT2D eigenvalue weighted by molar-refractivity contribution is 6.30. The van der Waals surface area contributed by atoms with E-state index in [0.717, 1.165) is 64.9 Å².